The number of para-hydroxylation sites is 1. The number of hydrogen-bond acceptors (Lipinski definition) is 6. The second-order valence-corrected chi connectivity index (χ2v) is 7.24. The molecule has 2 heterocycles. The molecule has 0 saturated heterocycles. The van der Waals surface area contributed by atoms with Crippen LogP contribution < -0.4 is 10.3 Å². The molecule has 0 amide bonds. The molecule has 2 aromatic carbocycles. The van der Waals surface area contributed by atoms with Gasteiger partial charge in [0.1, 0.15) is 11.5 Å². The van der Waals surface area contributed by atoms with E-state index in [2.05, 4.69) is 4.99 Å². The molecule has 168 valence electrons. The summed E-state index contributed by atoms with van der Waals surface area (Å²) in [5.74, 6) is 1.05. The summed E-state index contributed by atoms with van der Waals surface area (Å²) >= 11 is 0. The van der Waals surface area contributed by atoms with E-state index in [9.17, 15) is 14.9 Å². The van der Waals surface area contributed by atoms with E-state index in [0.29, 0.717) is 35.1 Å². The Morgan fingerprint density at radius 1 is 1.15 bits per heavy atom. The topological polar surface area (TPSA) is 105 Å². The monoisotopic (exact) mass is 446 g/mol. The van der Waals surface area contributed by atoms with Gasteiger partial charge < -0.3 is 9.15 Å². The summed E-state index contributed by atoms with van der Waals surface area (Å²) in [5, 5.41) is 11.4. The van der Waals surface area contributed by atoms with Crippen molar-refractivity contribution >= 4 is 17.6 Å². The fraction of sp³-hybridized carbons (Fsp3) is 0.167. The van der Waals surface area contributed by atoms with Crippen molar-refractivity contribution in [2.45, 2.75) is 13.8 Å². The molecule has 2 aromatic heterocycles. The highest BCUT2D eigenvalue weighted by Gasteiger charge is 2.18. The first-order valence-electron chi connectivity index (χ1n) is 10.3. The number of hydrogen-bond donors (Lipinski definition) is 0. The summed E-state index contributed by atoms with van der Waals surface area (Å²) in [6, 6.07) is 17.3. The van der Waals surface area contributed by atoms with Gasteiger partial charge in [-0.15, -0.1) is 0 Å². The molecule has 0 saturated carbocycles. The Balaban J connectivity index is 1.64. The quantitative estimate of drug-likeness (QED) is 0.230. The van der Waals surface area contributed by atoms with Gasteiger partial charge >= 0.3 is 5.69 Å². The van der Waals surface area contributed by atoms with Crippen molar-refractivity contribution in [3.8, 4) is 22.8 Å². The van der Waals surface area contributed by atoms with Crippen molar-refractivity contribution in [2.24, 2.45) is 12.0 Å². The first kappa shape index (κ1) is 21.8. The first-order valence-corrected chi connectivity index (χ1v) is 10.3. The lowest BCUT2D eigenvalue weighted by atomic mass is 10.1. The van der Waals surface area contributed by atoms with Gasteiger partial charge in [-0.1, -0.05) is 18.2 Å². The molecule has 0 bridgehead atoms. The molecule has 33 heavy (non-hydrogen) atoms. The highest BCUT2D eigenvalue weighted by atomic mass is 16.6. The normalized spacial score (nSPS) is 11.2. The molecule has 0 spiro atoms. The standard InChI is InChI=1S/C24H22N4O5/c1-4-32-22-12-10-17(14-20(22)28(30)31)21-13-11-19(33-21)15-25-23-16(2)26(3)27(24(23)29)18-8-6-5-7-9-18/h5-15H,4H2,1-3H3. The fourth-order valence-electron chi connectivity index (χ4n) is 3.50. The zero-order valence-corrected chi connectivity index (χ0v) is 18.4. The molecule has 4 rings (SSSR count). The van der Waals surface area contributed by atoms with Crippen LogP contribution in [0.2, 0.25) is 0 Å². The summed E-state index contributed by atoms with van der Waals surface area (Å²) in [6.07, 6.45) is 1.46. The Morgan fingerprint density at radius 2 is 1.91 bits per heavy atom. The molecule has 4 aromatic rings. The molecule has 0 unspecified atom stereocenters. The van der Waals surface area contributed by atoms with Crippen molar-refractivity contribution in [3.05, 3.63) is 92.6 Å². The molecular formula is C24H22N4O5. The Hall–Kier alpha value is -4.40. The second kappa shape index (κ2) is 8.99. The molecule has 0 N–H and O–H groups in total. The Kier molecular flexibility index (Phi) is 5.95. The smallest absolute Gasteiger partial charge is 0.311 e. The van der Waals surface area contributed by atoms with Gasteiger partial charge in [0.25, 0.3) is 5.56 Å². The number of furan rings is 1. The van der Waals surface area contributed by atoms with Gasteiger partial charge in [0.2, 0.25) is 0 Å². The number of benzene rings is 2. The van der Waals surface area contributed by atoms with E-state index in [-0.39, 0.29) is 17.0 Å². The van der Waals surface area contributed by atoms with E-state index in [1.54, 1.807) is 47.6 Å². The summed E-state index contributed by atoms with van der Waals surface area (Å²) in [4.78, 5) is 28.2. The number of nitro groups is 1. The van der Waals surface area contributed by atoms with Gasteiger partial charge in [-0.05, 0) is 50.2 Å². The van der Waals surface area contributed by atoms with Crippen LogP contribution in [0.15, 0.2) is 74.9 Å². The van der Waals surface area contributed by atoms with Crippen molar-refractivity contribution < 1.29 is 14.1 Å². The number of nitrogens with zero attached hydrogens (tertiary/aromatic N) is 4. The minimum Gasteiger partial charge on any atom is -0.487 e. The Labute approximate surface area is 189 Å². The average Bonchev–Trinajstić information content (AvgIpc) is 3.36. The maximum absolute atomic E-state index is 13.0. The van der Waals surface area contributed by atoms with Gasteiger partial charge in [0.05, 0.1) is 29.1 Å². The average molecular weight is 446 g/mol. The summed E-state index contributed by atoms with van der Waals surface area (Å²) < 4.78 is 14.4. The predicted octanol–water partition coefficient (Wildman–Crippen LogP) is 4.80. The molecule has 0 aliphatic heterocycles. The number of nitro benzene ring substituents is 1. The van der Waals surface area contributed by atoms with Crippen molar-refractivity contribution in [3.63, 3.8) is 0 Å². The third kappa shape index (κ3) is 4.20. The second-order valence-electron chi connectivity index (χ2n) is 7.24. The molecule has 0 radical (unpaired) electrons. The summed E-state index contributed by atoms with van der Waals surface area (Å²) in [7, 11) is 1.80. The summed E-state index contributed by atoms with van der Waals surface area (Å²) in [6.45, 7) is 3.91. The van der Waals surface area contributed by atoms with Crippen LogP contribution in [0, 0.1) is 17.0 Å². The SMILES string of the molecule is CCOc1ccc(-c2ccc(C=Nc3c(C)n(C)n(-c4ccccc4)c3=O)o2)cc1[N+](=O)[O-]. The molecule has 0 atom stereocenters. The van der Waals surface area contributed by atoms with Crippen molar-refractivity contribution in [1.82, 2.24) is 9.36 Å². The number of ether oxygens (including phenoxy) is 1. The number of aliphatic imine (C=N–C) groups is 1. The third-order valence-electron chi connectivity index (χ3n) is 5.21. The molecule has 0 fully saturated rings. The lowest BCUT2D eigenvalue weighted by Crippen LogP contribution is -2.19. The van der Waals surface area contributed by atoms with Gasteiger partial charge in [-0.3, -0.25) is 19.6 Å². The van der Waals surface area contributed by atoms with E-state index < -0.39 is 4.92 Å². The van der Waals surface area contributed by atoms with Crippen LogP contribution in [-0.2, 0) is 7.05 Å². The molecule has 0 aliphatic rings. The van der Waals surface area contributed by atoms with E-state index in [0.717, 1.165) is 5.69 Å². The molecule has 9 heteroatoms. The number of aromatic nitrogens is 2. The highest BCUT2D eigenvalue weighted by Crippen LogP contribution is 2.33. The largest absolute Gasteiger partial charge is 0.487 e. The number of rotatable bonds is 7. The van der Waals surface area contributed by atoms with E-state index in [1.807, 2.05) is 37.3 Å². The molecular weight excluding hydrogens is 424 g/mol. The lowest BCUT2D eigenvalue weighted by molar-refractivity contribution is -0.385. The van der Waals surface area contributed by atoms with Crippen LogP contribution in [0.4, 0.5) is 11.4 Å². The van der Waals surface area contributed by atoms with Crippen molar-refractivity contribution in [2.75, 3.05) is 6.61 Å². The van der Waals surface area contributed by atoms with Gasteiger partial charge in [-0.2, -0.15) is 0 Å². The highest BCUT2D eigenvalue weighted by molar-refractivity contribution is 5.80. The van der Waals surface area contributed by atoms with Crippen LogP contribution in [0.3, 0.4) is 0 Å². The fourth-order valence-corrected chi connectivity index (χ4v) is 3.50. The van der Waals surface area contributed by atoms with Gasteiger partial charge in [-0.25, -0.2) is 9.67 Å². The third-order valence-corrected chi connectivity index (χ3v) is 5.21. The van der Waals surface area contributed by atoms with Crippen LogP contribution in [0.5, 0.6) is 5.75 Å². The van der Waals surface area contributed by atoms with Crippen LogP contribution >= 0.6 is 0 Å². The maximum atomic E-state index is 13.0. The first-order chi connectivity index (χ1) is 15.9. The maximum Gasteiger partial charge on any atom is 0.311 e. The minimum atomic E-state index is -0.490. The van der Waals surface area contributed by atoms with Crippen LogP contribution in [0.25, 0.3) is 17.0 Å². The molecule has 9 nitrogen and oxygen atoms in total. The van der Waals surface area contributed by atoms with Crippen molar-refractivity contribution in [1.29, 1.82) is 0 Å². The van der Waals surface area contributed by atoms with E-state index in [4.69, 9.17) is 9.15 Å². The Bertz CT molecular complexity index is 1400. The van der Waals surface area contributed by atoms with Crippen LogP contribution in [-0.4, -0.2) is 27.1 Å². The lowest BCUT2D eigenvalue weighted by Gasteiger charge is -2.07. The minimum absolute atomic E-state index is 0.137. The van der Waals surface area contributed by atoms with Gasteiger partial charge in [0, 0.05) is 18.7 Å². The molecule has 0 aliphatic carbocycles. The summed E-state index contributed by atoms with van der Waals surface area (Å²) in [5.41, 5.74) is 1.90. The van der Waals surface area contributed by atoms with E-state index >= 15 is 0 Å². The zero-order valence-electron chi connectivity index (χ0n) is 18.4. The van der Waals surface area contributed by atoms with E-state index in [1.165, 1.54) is 12.3 Å². The predicted molar refractivity (Wildman–Crippen MR) is 125 cm³/mol. The van der Waals surface area contributed by atoms with Gasteiger partial charge in [0.15, 0.2) is 11.4 Å². The zero-order chi connectivity index (χ0) is 23.5. The Morgan fingerprint density at radius 3 is 2.61 bits per heavy atom. The van der Waals surface area contributed by atoms with Crippen LogP contribution in [0.1, 0.15) is 18.4 Å².